The summed E-state index contributed by atoms with van der Waals surface area (Å²) in [5, 5.41) is 12.1. The lowest BCUT2D eigenvalue weighted by molar-refractivity contribution is 0.0696. The van der Waals surface area contributed by atoms with Crippen molar-refractivity contribution in [1.82, 2.24) is 10.3 Å². The van der Waals surface area contributed by atoms with Crippen molar-refractivity contribution in [3.05, 3.63) is 90.5 Å². The molecule has 1 atom stereocenters. The molecule has 0 saturated carbocycles. The number of thiophene rings is 1. The number of pyridine rings is 1. The van der Waals surface area contributed by atoms with Gasteiger partial charge in [0.2, 0.25) is 5.56 Å². The Kier molecular flexibility index (Phi) is 6.21. The van der Waals surface area contributed by atoms with Crippen molar-refractivity contribution in [2.75, 3.05) is 6.61 Å². The number of hydrogen-bond acceptors (Lipinski definition) is 5. The average Bonchev–Trinajstić information content (AvgIpc) is 3.17. The number of carbonyl (C=O) groups is 2. The lowest BCUT2D eigenvalue weighted by Crippen LogP contribution is -2.28. The number of aromatic nitrogens is 1. The van der Waals surface area contributed by atoms with Gasteiger partial charge >= 0.3 is 5.97 Å². The summed E-state index contributed by atoms with van der Waals surface area (Å²) in [5.74, 6) is 4.87. The Bertz CT molecular complexity index is 1270. The van der Waals surface area contributed by atoms with Crippen molar-refractivity contribution in [2.24, 2.45) is 0 Å². The van der Waals surface area contributed by atoms with Crippen LogP contribution in [0.25, 0.3) is 0 Å². The maximum Gasteiger partial charge on any atom is 0.335 e. The lowest BCUT2D eigenvalue weighted by atomic mass is 10.0. The molecule has 4 rings (SSSR count). The lowest BCUT2D eigenvalue weighted by Gasteiger charge is -2.17. The molecule has 162 valence electrons. The van der Waals surface area contributed by atoms with Gasteiger partial charge in [-0.3, -0.25) is 9.59 Å². The minimum absolute atomic E-state index is 0.194. The number of amides is 1. The van der Waals surface area contributed by atoms with Crippen LogP contribution in [0.15, 0.2) is 47.4 Å². The van der Waals surface area contributed by atoms with E-state index in [2.05, 4.69) is 22.1 Å². The van der Waals surface area contributed by atoms with Crippen LogP contribution in [0.5, 0.6) is 0 Å². The molecular formula is C24H20N2O5S. The van der Waals surface area contributed by atoms with E-state index in [1.54, 1.807) is 18.2 Å². The van der Waals surface area contributed by atoms with E-state index in [-0.39, 0.29) is 23.1 Å². The van der Waals surface area contributed by atoms with E-state index in [1.807, 2.05) is 6.92 Å². The quantitative estimate of drug-likeness (QED) is 0.532. The summed E-state index contributed by atoms with van der Waals surface area (Å²) in [6, 6.07) is 9.15. The number of benzene rings is 1. The minimum Gasteiger partial charge on any atom is -0.478 e. The molecule has 2 aromatic heterocycles. The Morgan fingerprint density at radius 2 is 1.97 bits per heavy atom. The SMILES string of the molecule is C[C@H](NC(=O)c1c(C#Cc2ccc(=O)[nH]c2)sc2c1CCOC2)c1ccc(C(=O)O)cc1. The molecule has 0 radical (unpaired) electrons. The average molecular weight is 449 g/mol. The van der Waals surface area contributed by atoms with Crippen molar-refractivity contribution in [1.29, 1.82) is 0 Å². The van der Waals surface area contributed by atoms with Gasteiger partial charge < -0.3 is 20.1 Å². The number of ether oxygens (including phenoxy) is 1. The van der Waals surface area contributed by atoms with Crippen LogP contribution >= 0.6 is 11.3 Å². The highest BCUT2D eigenvalue weighted by molar-refractivity contribution is 7.13. The van der Waals surface area contributed by atoms with E-state index in [4.69, 9.17) is 9.84 Å². The standard InChI is InChI=1S/C24H20N2O5S/c1-14(16-4-6-17(7-5-16)24(29)30)26-23(28)22-18-10-11-31-13-20(18)32-19(22)8-2-15-3-9-21(27)25-12-15/h3-7,9,12,14H,10-11,13H2,1H3,(H,25,27)(H,26,28)(H,29,30)/t14-/m0/s1. The Morgan fingerprint density at radius 3 is 2.66 bits per heavy atom. The van der Waals surface area contributed by atoms with Crippen molar-refractivity contribution < 1.29 is 19.4 Å². The van der Waals surface area contributed by atoms with Gasteiger partial charge in [0, 0.05) is 22.7 Å². The predicted octanol–water partition coefficient (Wildman–Crippen LogP) is 3.10. The van der Waals surface area contributed by atoms with Gasteiger partial charge in [0.05, 0.1) is 35.3 Å². The first-order chi connectivity index (χ1) is 15.4. The van der Waals surface area contributed by atoms with E-state index in [9.17, 15) is 14.4 Å². The normalized spacial score (nSPS) is 13.4. The smallest absolute Gasteiger partial charge is 0.335 e. The zero-order chi connectivity index (χ0) is 22.7. The van der Waals surface area contributed by atoms with Crippen LogP contribution in [0.1, 0.15) is 60.1 Å². The number of nitrogens with one attached hydrogen (secondary N) is 2. The second-order valence-corrected chi connectivity index (χ2v) is 8.43. The van der Waals surface area contributed by atoms with E-state index >= 15 is 0 Å². The number of carbonyl (C=O) groups excluding carboxylic acids is 1. The van der Waals surface area contributed by atoms with Gasteiger partial charge in [0.15, 0.2) is 0 Å². The number of aromatic amines is 1. The molecule has 0 fully saturated rings. The third kappa shape index (κ3) is 4.64. The van der Waals surface area contributed by atoms with Crippen molar-refractivity contribution in [3.8, 4) is 11.8 Å². The van der Waals surface area contributed by atoms with Crippen LogP contribution in [0.4, 0.5) is 0 Å². The van der Waals surface area contributed by atoms with Gasteiger partial charge in [0.25, 0.3) is 5.91 Å². The highest BCUT2D eigenvalue weighted by Crippen LogP contribution is 2.32. The molecule has 8 heteroatoms. The zero-order valence-electron chi connectivity index (χ0n) is 17.2. The number of carboxylic acid groups (broad SMARTS) is 1. The molecule has 0 aliphatic carbocycles. The van der Waals surface area contributed by atoms with Crippen LogP contribution in [0, 0.1) is 11.8 Å². The molecule has 0 unspecified atom stereocenters. The zero-order valence-corrected chi connectivity index (χ0v) is 18.0. The topological polar surface area (TPSA) is 108 Å². The van der Waals surface area contributed by atoms with Crippen LogP contribution in [-0.4, -0.2) is 28.6 Å². The number of aromatic carboxylic acids is 1. The molecule has 3 N–H and O–H groups in total. The molecule has 1 aliphatic heterocycles. The fourth-order valence-electron chi connectivity index (χ4n) is 3.44. The van der Waals surface area contributed by atoms with Gasteiger partial charge in [-0.1, -0.05) is 18.1 Å². The first-order valence-corrected chi connectivity index (χ1v) is 10.8. The molecule has 1 aromatic carbocycles. The van der Waals surface area contributed by atoms with Crippen molar-refractivity contribution in [3.63, 3.8) is 0 Å². The molecule has 7 nitrogen and oxygen atoms in total. The maximum absolute atomic E-state index is 13.3. The summed E-state index contributed by atoms with van der Waals surface area (Å²) >= 11 is 1.44. The number of H-pyrrole nitrogens is 1. The third-order valence-electron chi connectivity index (χ3n) is 5.16. The largest absolute Gasteiger partial charge is 0.478 e. The summed E-state index contributed by atoms with van der Waals surface area (Å²) in [4.78, 5) is 39.8. The molecule has 0 saturated heterocycles. The first kappa shape index (κ1) is 21.6. The fourth-order valence-corrected chi connectivity index (χ4v) is 4.58. The van der Waals surface area contributed by atoms with Gasteiger partial charge in [-0.2, -0.15) is 0 Å². The maximum atomic E-state index is 13.3. The van der Waals surface area contributed by atoms with Crippen LogP contribution in [-0.2, 0) is 17.8 Å². The van der Waals surface area contributed by atoms with E-state index in [0.29, 0.717) is 35.6 Å². The summed E-state index contributed by atoms with van der Waals surface area (Å²) in [7, 11) is 0. The first-order valence-electron chi connectivity index (χ1n) is 9.99. The summed E-state index contributed by atoms with van der Waals surface area (Å²) in [5.41, 5.74) is 2.95. The van der Waals surface area contributed by atoms with Gasteiger partial charge in [-0.15, -0.1) is 11.3 Å². The highest BCUT2D eigenvalue weighted by Gasteiger charge is 2.26. The second-order valence-electron chi connectivity index (χ2n) is 7.32. The number of fused-ring (bicyclic) bond motifs is 1. The van der Waals surface area contributed by atoms with Crippen LogP contribution in [0.2, 0.25) is 0 Å². The molecule has 32 heavy (non-hydrogen) atoms. The van der Waals surface area contributed by atoms with Crippen LogP contribution in [0.3, 0.4) is 0 Å². The number of hydrogen-bond donors (Lipinski definition) is 3. The van der Waals surface area contributed by atoms with Gasteiger partial charge in [-0.25, -0.2) is 4.79 Å². The van der Waals surface area contributed by atoms with Crippen molar-refractivity contribution >= 4 is 23.2 Å². The van der Waals surface area contributed by atoms with Crippen LogP contribution < -0.4 is 10.9 Å². The van der Waals surface area contributed by atoms with E-state index in [1.165, 1.54) is 35.7 Å². The fraction of sp³-hybridized carbons (Fsp3) is 0.208. The monoisotopic (exact) mass is 448 g/mol. The molecule has 1 amide bonds. The Morgan fingerprint density at radius 1 is 1.19 bits per heavy atom. The molecule has 1 aliphatic rings. The summed E-state index contributed by atoms with van der Waals surface area (Å²) < 4.78 is 5.54. The van der Waals surface area contributed by atoms with E-state index < -0.39 is 5.97 Å². The Hall–Kier alpha value is -3.67. The van der Waals surface area contributed by atoms with Gasteiger partial charge in [-0.05, 0) is 48.6 Å². The third-order valence-corrected chi connectivity index (χ3v) is 6.28. The molecule has 0 bridgehead atoms. The second kappa shape index (κ2) is 9.22. The Labute approximate surface area is 188 Å². The molecule has 0 spiro atoms. The van der Waals surface area contributed by atoms with E-state index in [0.717, 1.165) is 16.0 Å². The summed E-state index contributed by atoms with van der Waals surface area (Å²) in [6.45, 7) is 2.84. The molecule has 3 aromatic rings. The minimum atomic E-state index is -0.994. The van der Waals surface area contributed by atoms with Crippen molar-refractivity contribution in [2.45, 2.75) is 26.0 Å². The number of rotatable bonds is 4. The van der Waals surface area contributed by atoms with Gasteiger partial charge in [0.1, 0.15) is 0 Å². The predicted molar refractivity (Wildman–Crippen MR) is 120 cm³/mol. The Balaban J connectivity index is 1.62. The highest BCUT2D eigenvalue weighted by atomic mass is 32.1. The number of carboxylic acids is 1. The molecular weight excluding hydrogens is 428 g/mol. The summed E-state index contributed by atoms with van der Waals surface area (Å²) in [6.07, 6.45) is 2.17. The molecule has 3 heterocycles.